The number of esters is 1. The minimum atomic E-state index is -0.250. The fraction of sp³-hybridized carbons (Fsp3) is 0.385. The summed E-state index contributed by atoms with van der Waals surface area (Å²) in [5, 5.41) is 8.90. The lowest BCUT2D eigenvalue weighted by atomic mass is 9.99. The predicted molar refractivity (Wildman–Crippen MR) is 68.1 cm³/mol. The normalized spacial score (nSPS) is 9.76. The van der Waals surface area contributed by atoms with Crippen molar-refractivity contribution in [3.63, 3.8) is 0 Å². The minimum Gasteiger partial charge on any atom is -0.466 e. The SMILES string of the molecule is CCOC(=O)Cc1ccc(C#N)c(S)c1CC. The van der Waals surface area contributed by atoms with Crippen molar-refractivity contribution in [3.8, 4) is 6.07 Å². The zero-order valence-corrected chi connectivity index (χ0v) is 10.9. The van der Waals surface area contributed by atoms with Crippen molar-refractivity contribution in [3.05, 3.63) is 28.8 Å². The van der Waals surface area contributed by atoms with E-state index in [4.69, 9.17) is 10.00 Å². The van der Waals surface area contributed by atoms with Crippen LogP contribution in [0.2, 0.25) is 0 Å². The lowest BCUT2D eigenvalue weighted by Crippen LogP contribution is -2.09. The van der Waals surface area contributed by atoms with Crippen molar-refractivity contribution in [2.75, 3.05) is 6.61 Å². The molecule has 0 bridgehead atoms. The lowest BCUT2D eigenvalue weighted by Gasteiger charge is -2.11. The number of benzene rings is 1. The van der Waals surface area contributed by atoms with Gasteiger partial charge in [-0.2, -0.15) is 5.26 Å². The van der Waals surface area contributed by atoms with Gasteiger partial charge in [0.1, 0.15) is 6.07 Å². The quantitative estimate of drug-likeness (QED) is 0.659. The van der Waals surface area contributed by atoms with Gasteiger partial charge in [0, 0.05) is 4.90 Å². The highest BCUT2D eigenvalue weighted by Gasteiger charge is 2.12. The average Bonchev–Trinajstić information content (AvgIpc) is 2.30. The molecule has 17 heavy (non-hydrogen) atoms. The van der Waals surface area contributed by atoms with Crippen LogP contribution < -0.4 is 0 Å². The van der Waals surface area contributed by atoms with E-state index in [1.807, 2.05) is 6.92 Å². The largest absolute Gasteiger partial charge is 0.466 e. The third kappa shape index (κ3) is 3.24. The summed E-state index contributed by atoms with van der Waals surface area (Å²) in [5.41, 5.74) is 2.37. The van der Waals surface area contributed by atoms with Gasteiger partial charge in [-0.15, -0.1) is 12.6 Å². The van der Waals surface area contributed by atoms with Crippen LogP contribution in [0.1, 0.15) is 30.5 Å². The summed E-state index contributed by atoms with van der Waals surface area (Å²) < 4.78 is 4.91. The van der Waals surface area contributed by atoms with Crippen molar-refractivity contribution in [2.45, 2.75) is 31.6 Å². The smallest absolute Gasteiger partial charge is 0.310 e. The van der Waals surface area contributed by atoms with E-state index in [-0.39, 0.29) is 12.4 Å². The summed E-state index contributed by atoms with van der Waals surface area (Å²) in [6.45, 7) is 4.14. The van der Waals surface area contributed by atoms with Gasteiger partial charge < -0.3 is 4.74 Å². The molecule has 0 aliphatic carbocycles. The van der Waals surface area contributed by atoms with E-state index in [0.717, 1.165) is 17.5 Å². The fourth-order valence-corrected chi connectivity index (χ4v) is 2.12. The zero-order valence-electron chi connectivity index (χ0n) is 9.99. The minimum absolute atomic E-state index is 0.232. The van der Waals surface area contributed by atoms with E-state index in [2.05, 4.69) is 18.7 Å². The molecule has 0 amide bonds. The second kappa shape index (κ2) is 6.31. The summed E-state index contributed by atoms with van der Waals surface area (Å²) in [4.78, 5) is 12.1. The Hall–Kier alpha value is -1.47. The number of nitrogens with zero attached hydrogens (tertiary/aromatic N) is 1. The first-order valence-electron chi connectivity index (χ1n) is 5.53. The average molecular weight is 249 g/mol. The van der Waals surface area contributed by atoms with Crippen LogP contribution in [0, 0.1) is 11.3 Å². The number of ether oxygens (including phenoxy) is 1. The molecule has 0 aliphatic heterocycles. The Kier molecular flexibility index (Phi) is 5.05. The molecule has 0 heterocycles. The van der Waals surface area contributed by atoms with Gasteiger partial charge in [0.05, 0.1) is 18.6 Å². The highest BCUT2D eigenvalue weighted by molar-refractivity contribution is 7.80. The van der Waals surface area contributed by atoms with Gasteiger partial charge in [0.25, 0.3) is 0 Å². The Morgan fingerprint density at radius 3 is 2.71 bits per heavy atom. The number of rotatable bonds is 4. The van der Waals surface area contributed by atoms with E-state index in [1.165, 1.54) is 0 Å². The molecule has 1 aromatic carbocycles. The standard InChI is InChI=1S/C13H15NO2S/c1-3-11-9(7-12(15)16-4-2)5-6-10(8-14)13(11)17/h5-6,17H,3-4,7H2,1-2H3. The topological polar surface area (TPSA) is 50.1 Å². The maximum absolute atomic E-state index is 11.4. The number of nitriles is 1. The van der Waals surface area contributed by atoms with Gasteiger partial charge >= 0.3 is 5.97 Å². The molecule has 0 unspecified atom stereocenters. The maximum Gasteiger partial charge on any atom is 0.310 e. The van der Waals surface area contributed by atoms with Crippen molar-refractivity contribution >= 4 is 18.6 Å². The maximum atomic E-state index is 11.4. The van der Waals surface area contributed by atoms with E-state index in [1.54, 1.807) is 19.1 Å². The van der Waals surface area contributed by atoms with Crippen molar-refractivity contribution in [1.82, 2.24) is 0 Å². The molecule has 90 valence electrons. The van der Waals surface area contributed by atoms with Gasteiger partial charge in [-0.05, 0) is 30.5 Å². The van der Waals surface area contributed by atoms with E-state index in [0.29, 0.717) is 17.1 Å². The van der Waals surface area contributed by atoms with Gasteiger partial charge in [-0.25, -0.2) is 0 Å². The third-order valence-electron chi connectivity index (χ3n) is 2.49. The molecule has 0 saturated heterocycles. The number of carbonyl (C=O) groups excluding carboxylic acids is 1. The number of hydrogen-bond acceptors (Lipinski definition) is 4. The number of carbonyl (C=O) groups is 1. The Bertz CT molecular complexity index is 463. The van der Waals surface area contributed by atoms with Gasteiger partial charge in [0.15, 0.2) is 0 Å². The molecular weight excluding hydrogens is 234 g/mol. The van der Waals surface area contributed by atoms with E-state index >= 15 is 0 Å². The molecule has 0 saturated carbocycles. The van der Waals surface area contributed by atoms with Gasteiger partial charge in [-0.3, -0.25) is 4.79 Å². The van der Waals surface area contributed by atoms with Crippen LogP contribution in [0.5, 0.6) is 0 Å². The second-order valence-corrected chi connectivity index (χ2v) is 3.99. The van der Waals surface area contributed by atoms with E-state index < -0.39 is 0 Å². The van der Waals surface area contributed by atoms with Crippen molar-refractivity contribution < 1.29 is 9.53 Å². The van der Waals surface area contributed by atoms with Crippen LogP contribution in [0.25, 0.3) is 0 Å². The Labute approximate surface area is 107 Å². The summed E-state index contributed by atoms with van der Waals surface area (Å²) in [5.74, 6) is -0.250. The summed E-state index contributed by atoms with van der Waals surface area (Å²) in [6.07, 6.45) is 0.972. The molecule has 0 atom stereocenters. The summed E-state index contributed by atoms with van der Waals surface area (Å²) in [7, 11) is 0. The molecule has 4 heteroatoms. The molecule has 0 spiro atoms. The van der Waals surface area contributed by atoms with Crippen LogP contribution in [0.4, 0.5) is 0 Å². The van der Waals surface area contributed by atoms with E-state index in [9.17, 15) is 4.79 Å². The molecule has 1 rings (SSSR count). The summed E-state index contributed by atoms with van der Waals surface area (Å²) >= 11 is 4.34. The monoisotopic (exact) mass is 249 g/mol. The van der Waals surface area contributed by atoms with Crippen LogP contribution >= 0.6 is 12.6 Å². The molecule has 0 radical (unpaired) electrons. The van der Waals surface area contributed by atoms with Crippen LogP contribution in [-0.2, 0) is 22.4 Å². The molecular formula is C13H15NO2S. The first-order chi connectivity index (χ1) is 8.13. The molecule has 0 N–H and O–H groups in total. The predicted octanol–water partition coefficient (Wildman–Crippen LogP) is 2.51. The fourth-order valence-electron chi connectivity index (χ4n) is 1.70. The molecule has 0 aromatic heterocycles. The number of thiol groups is 1. The second-order valence-electron chi connectivity index (χ2n) is 3.55. The number of hydrogen-bond donors (Lipinski definition) is 1. The van der Waals surface area contributed by atoms with Gasteiger partial charge in [-0.1, -0.05) is 13.0 Å². The molecule has 0 fully saturated rings. The van der Waals surface area contributed by atoms with Crippen LogP contribution in [0.3, 0.4) is 0 Å². The lowest BCUT2D eigenvalue weighted by molar-refractivity contribution is -0.142. The van der Waals surface area contributed by atoms with Gasteiger partial charge in [0.2, 0.25) is 0 Å². The highest BCUT2D eigenvalue weighted by Crippen LogP contribution is 2.24. The van der Waals surface area contributed by atoms with Crippen LogP contribution in [0.15, 0.2) is 17.0 Å². The molecule has 1 aromatic rings. The van der Waals surface area contributed by atoms with Crippen LogP contribution in [-0.4, -0.2) is 12.6 Å². The van der Waals surface area contributed by atoms with Crippen molar-refractivity contribution in [1.29, 1.82) is 5.26 Å². The third-order valence-corrected chi connectivity index (χ3v) is 3.00. The van der Waals surface area contributed by atoms with Crippen molar-refractivity contribution in [2.24, 2.45) is 0 Å². The highest BCUT2D eigenvalue weighted by atomic mass is 32.1. The Morgan fingerprint density at radius 2 is 2.18 bits per heavy atom. The Morgan fingerprint density at radius 1 is 1.47 bits per heavy atom. The zero-order chi connectivity index (χ0) is 12.8. The first-order valence-corrected chi connectivity index (χ1v) is 5.98. The summed E-state index contributed by atoms with van der Waals surface area (Å²) in [6, 6.07) is 5.57. The molecule has 3 nitrogen and oxygen atoms in total. The first kappa shape index (κ1) is 13.6. The Balaban J connectivity index is 3.05. The molecule has 0 aliphatic rings.